The Hall–Kier alpha value is -1.02. The third-order valence-electron chi connectivity index (χ3n) is 3.70. The topological polar surface area (TPSA) is 21.3 Å². The van der Waals surface area contributed by atoms with E-state index in [1.165, 1.54) is 31.2 Å². The Kier molecular flexibility index (Phi) is 5.26. The molecule has 1 aliphatic rings. The molecule has 0 radical (unpaired) electrons. The van der Waals surface area contributed by atoms with E-state index in [1.54, 1.807) is 0 Å². The molecule has 2 rings (SSSR count). The Morgan fingerprint density at radius 1 is 1.32 bits per heavy atom. The maximum atomic E-state index is 5.87. The van der Waals surface area contributed by atoms with E-state index in [2.05, 4.69) is 50.4 Å². The minimum absolute atomic E-state index is 0.482. The van der Waals surface area contributed by atoms with Crippen LogP contribution in [0.15, 0.2) is 24.3 Å². The first kappa shape index (κ1) is 14.4. The van der Waals surface area contributed by atoms with Crippen LogP contribution in [0.3, 0.4) is 0 Å². The highest BCUT2D eigenvalue weighted by Gasteiger charge is 2.23. The fraction of sp³-hybridized carbons (Fsp3) is 0.647. The van der Waals surface area contributed by atoms with Crippen LogP contribution in [0.5, 0.6) is 5.75 Å². The van der Waals surface area contributed by atoms with E-state index in [0.29, 0.717) is 18.1 Å². The largest absolute Gasteiger partial charge is 0.490 e. The van der Waals surface area contributed by atoms with Gasteiger partial charge in [-0.25, -0.2) is 0 Å². The molecular weight excluding hydrogens is 234 g/mol. The van der Waals surface area contributed by atoms with Crippen molar-refractivity contribution in [3.05, 3.63) is 29.8 Å². The minimum atomic E-state index is 0.482. The first-order valence-corrected chi connectivity index (χ1v) is 7.69. The molecule has 1 aromatic carbocycles. The molecule has 0 amide bonds. The van der Waals surface area contributed by atoms with Gasteiger partial charge in [0.2, 0.25) is 0 Å². The van der Waals surface area contributed by atoms with Gasteiger partial charge >= 0.3 is 0 Å². The van der Waals surface area contributed by atoms with Gasteiger partial charge in [0.25, 0.3) is 0 Å². The van der Waals surface area contributed by atoms with E-state index >= 15 is 0 Å². The van der Waals surface area contributed by atoms with Gasteiger partial charge in [0, 0.05) is 6.04 Å². The number of hydrogen-bond donors (Lipinski definition) is 1. The van der Waals surface area contributed by atoms with Crippen LogP contribution < -0.4 is 10.1 Å². The fourth-order valence-corrected chi connectivity index (χ4v) is 2.41. The molecule has 2 atom stereocenters. The summed E-state index contributed by atoms with van der Waals surface area (Å²) < 4.78 is 5.87. The highest BCUT2D eigenvalue weighted by atomic mass is 16.5. The number of ether oxygens (including phenoxy) is 1. The summed E-state index contributed by atoms with van der Waals surface area (Å²) >= 11 is 0. The Bertz CT molecular complexity index is 387. The molecular formula is C17H27NO. The van der Waals surface area contributed by atoms with Crippen molar-refractivity contribution in [2.75, 3.05) is 6.54 Å². The molecule has 0 saturated heterocycles. The summed E-state index contributed by atoms with van der Waals surface area (Å²) in [7, 11) is 0. The molecule has 0 aromatic heterocycles. The summed E-state index contributed by atoms with van der Waals surface area (Å²) in [5.74, 6) is 1.61. The predicted octanol–water partition coefficient (Wildman–Crippen LogP) is 4.11. The number of benzene rings is 1. The zero-order valence-electron chi connectivity index (χ0n) is 12.5. The van der Waals surface area contributed by atoms with Crippen molar-refractivity contribution < 1.29 is 4.74 Å². The van der Waals surface area contributed by atoms with Crippen molar-refractivity contribution >= 4 is 0 Å². The van der Waals surface area contributed by atoms with Gasteiger partial charge in [-0.1, -0.05) is 26.0 Å². The van der Waals surface area contributed by atoms with Crippen LogP contribution in [-0.2, 0) is 0 Å². The summed E-state index contributed by atoms with van der Waals surface area (Å²) in [5, 5.41) is 3.56. The molecule has 1 fully saturated rings. The smallest absolute Gasteiger partial charge is 0.119 e. The first-order valence-electron chi connectivity index (χ1n) is 7.69. The molecule has 106 valence electrons. The zero-order valence-corrected chi connectivity index (χ0v) is 12.5. The molecule has 2 unspecified atom stereocenters. The van der Waals surface area contributed by atoms with Gasteiger partial charge in [-0.3, -0.25) is 0 Å². The van der Waals surface area contributed by atoms with Gasteiger partial charge in [0.15, 0.2) is 0 Å². The minimum Gasteiger partial charge on any atom is -0.490 e. The Labute approximate surface area is 117 Å². The summed E-state index contributed by atoms with van der Waals surface area (Å²) in [6.45, 7) is 7.90. The second-order valence-electron chi connectivity index (χ2n) is 5.88. The zero-order chi connectivity index (χ0) is 13.7. The van der Waals surface area contributed by atoms with Crippen molar-refractivity contribution in [2.24, 2.45) is 0 Å². The number of nitrogens with one attached hydrogen (secondary N) is 1. The Morgan fingerprint density at radius 3 is 2.79 bits per heavy atom. The van der Waals surface area contributed by atoms with Crippen LogP contribution in [0, 0.1) is 0 Å². The second-order valence-corrected chi connectivity index (χ2v) is 5.88. The van der Waals surface area contributed by atoms with Crippen LogP contribution in [0.2, 0.25) is 0 Å². The Morgan fingerprint density at radius 2 is 2.11 bits per heavy atom. The summed E-state index contributed by atoms with van der Waals surface area (Å²) in [5.41, 5.74) is 1.39. The van der Waals surface area contributed by atoms with E-state index in [1.807, 2.05) is 0 Å². The van der Waals surface area contributed by atoms with Crippen LogP contribution in [0.4, 0.5) is 0 Å². The molecule has 0 bridgehead atoms. The average Bonchev–Trinajstić information content (AvgIpc) is 3.20. The van der Waals surface area contributed by atoms with Crippen molar-refractivity contribution in [1.82, 2.24) is 5.32 Å². The highest BCUT2D eigenvalue weighted by Crippen LogP contribution is 2.29. The summed E-state index contributed by atoms with van der Waals surface area (Å²) in [4.78, 5) is 0. The van der Waals surface area contributed by atoms with E-state index in [0.717, 1.165) is 12.3 Å². The molecule has 19 heavy (non-hydrogen) atoms. The lowest BCUT2D eigenvalue weighted by Gasteiger charge is -2.19. The van der Waals surface area contributed by atoms with Crippen LogP contribution in [-0.4, -0.2) is 18.7 Å². The molecule has 1 aromatic rings. The van der Waals surface area contributed by atoms with E-state index in [-0.39, 0.29) is 0 Å². The van der Waals surface area contributed by atoms with Gasteiger partial charge in [-0.2, -0.15) is 0 Å². The van der Waals surface area contributed by atoms with Crippen molar-refractivity contribution in [3.63, 3.8) is 0 Å². The molecule has 1 saturated carbocycles. The summed E-state index contributed by atoms with van der Waals surface area (Å²) in [6, 6.07) is 9.20. The predicted molar refractivity (Wildman–Crippen MR) is 80.9 cm³/mol. The third-order valence-corrected chi connectivity index (χ3v) is 3.70. The van der Waals surface area contributed by atoms with Gasteiger partial charge in [0.1, 0.15) is 5.75 Å². The van der Waals surface area contributed by atoms with Gasteiger partial charge in [0.05, 0.1) is 6.10 Å². The fourth-order valence-electron chi connectivity index (χ4n) is 2.41. The Balaban J connectivity index is 1.88. The SMILES string of the molecule is CCCNC(C)CC(C)c1cccc(OC2CC2)c1. The lowest BCUT2D eigenvalue weighted by molar-refractivity contribution is 0.302. The summed E-state index contributed by atoms with van der Waals surface area (Å²) in [6.07, 6.45) is 5.29. The maximum absolute atomic E-state index is 5.87. The molecule has 0 spiro atoms. The lowest BCUT2D eigenvalue weighted by atomic mass is 9.94. The van der Waals surface area contributed by atoms with Crippen LogP contribution in [0.1, 0.15) is 57.9 Å². The monoisotopic (exact) mass is 261 g/mol. The van der Waals surface area contributed by atoms with Crippen molar-refractivity contribution in [3.8, 4) is 5.75 Å². The molecule has 1 N–H and O–H groups in total. The molecule has 0 heterocycles. The molecule has 2 heteroatoms. The first-order chi connectivity index (χ1) is 9.19. The molecule has 2 nitrogen and oxygen atoms in total. The normalized spacial score (nSPS) is 18.1. The average molecular weight is 261 g/mol. The van der Waals surface area contributed by atoms with Crippen LogP contribution >= 0.6 is 0 Å². The lowest BCUT2D eigenvalue weighted by Crippen LogP contribution is -2.28. The third kappa shape index (κ3) is 4.87. The van der Waals surface area contributed by atoms with Crippen molar-refractivity contribution in [1.29, 1.82) is 0 Å². The van der Waals surface area contributed by atoms with E-state index in [4.69, 9.17) is 4.74 Å². The number of hydrogen-bond acceptors (Lipinski definition) is 2. The van der Waals surface area contributed by atoms with Crippen molar-refractivity contribution in [2.45, 2.75) is 64.5 Å². The molecule has 1 aliphatic carbocycles. The standard InChI is InChI=1S/C17H27NO/c1-4-10-18-14(3)11-13(2)15-6-5-7-17(12-15)19-16-8-9-16/h5-7,12-14,16,18H,4,8-11H2,1-3H3. The van der Waals surface area contributed by atoms with Crippen LogP contribution in [0.25, 0.3) is 0 Å². The molecule has 0 aliphatic heterocycles. The quantitative estimate of drug-likeness (QED) is 0.760. The maximum Gasteiger partial charge on any atom is 0.119 e. The highest BCUT2D eigenvalue weighted by molar-refractivity contribution is 5.31. The second kappa shape index (κ2) is 6.95. The van der Waals surface area contributed by atoms with Gasteiger partial charge in [-0.05, 0) is 62.8 Å². The number of rotatable bonds is 8. The van der Waals surface area contributed by atoms with Gasteiger partial charge in [-0.15, -0.1) is 0 Å². The van der Waals surface area contributed by atoms with E-state index < -0.39 is 0 Å². The van der Waals surface area contributed by atoms with E-state index in [9.17, 15) is 0 Å². The van der Waals surface area contributed by atoms with Gasteiger partial charge < -0.3 is 10.1 Å².